The van der Waals surface area contributed by atoms with Crippen LogP contribution in [-0.2, 0) is 4.79 Å². The summed E-state index contributed by atoms with van der Waals surface area (Å²) in [7, 11) is 0. The molecule has 1 aromatic heterocycles. The van der Waals surface area contributed by atoms with Gasteiger partial charge in [0.2, 0.25) is 5.91 Å². The van der Waals surface area contributed by atoms with E-state index in [1.165, 1.54) is 6.07 Å². The SMILES string of the molecule is CCNC(=O)C1CCC(n2nncc2-c2ccc(-c3ccc(C#N)cc3F)cc2)C1. The fraction of sp³-hybridized carbons (Fsp3) is 0.304. The fourth-order valence-corrected chi connectivity index (χ4v) is 4.10. The molecule has 6 nitrogen and oxygen atoms in total. The lowest BCUT2D eigenvalue weighted by atomic mass is 10.0. The van der Waals surface area contributed by atoms with Crippen molar-refractivity contribution in [1.82, 2.24) is 20.3 Å². The maximum atomic E-state index is 14.3. The molecule has 7 heteroatoms. The number of carbonyl (C=O) groups is 1. The van der Waals surface area contributed by atoms with Gasteiger partial charge in [-0.1, -0.05) is 35.5 Å². The normalized spacial score (nSPS) is 18.2. The lowest BCUT2D eigenvalue weighted by Gasteiger charge is -2.14. The van der Waals surface area contributed by atoms with Crippen LogP contribution in [0.2, 0.25) is 0 Å². The Morgan fingerprint density at radius 2 is 2.00 bits per heavy atom. The molecule has 1 N–H and O–H groups in total. The minimum atomic E-state index is -0.420. The Kier molecular flexibility index (Phi) is 5.57. The van der Waals surface area contributed by atoms with E-state index in [2.05, 4.69) is 15.6 Å². The highest BCUT2D eigenvalue weighted by Gasteiger charge is 2.32. The minimum Gasteiger partial charge on any atom is -0.356 e. The molecule has 30 heavy (non-hydrogen) atoms. The highest BCUT2D eigenvalue weighted by atomic mass is 19.1. The predicted molar refractivity (Wildman–Crippen MR) is 111 cm³/mol. The molecule has 1 saturated carbocycles. The van der Waals surface area contributed by atoms with Gasteiger partial charge in [-0.15, -0.1) is 5.10 Å². The summed E-state index contributed by atoms with van der Waals surface area (Å²) in [4.78, 5) is 12.2. The summed E-state index contributed by atoms with van der Waals surface area (Å²) >= 11 is 0. The summed E-state index contributed by atoms with van der Waals surface area (Å²) in [6, 6.07) is 14.1. The Bertz CT molecular complexity index is 1100. The first-order valence-corrected chi connectivity index (χ1v) is 10.1. The summed E-state index contributed by atoms with van der Waals surface area (Å²) < 4.78 is 16.2. The molecule has 1 heterocycles. The van der Waals surface area contributed by atoms with Crippen molar-refractivity contribution in [2.24, 2.45) is 5.92 Å². The van der Waals surface area contributed by atoms with E-state index in [0.717, 1.165) is 36.1 Å². The van der Waals surface area contributed by atoms with Gasteiger partial charge < -0.3 is 5.32 Å². The zero-order chi connectivity index (χ0) is 21.1. The van der Waals surface area contributed by atoms with E-state index >= 15 is 0 Å². The number of halogens is 1. The van der Waals surface area contributed by atoms with Gasteiger partial charge in [-0.05, 0) is 43.9 Å². The van der Waals surface area contributed by atoms with E-state index in [1.807, 2.05) is 41.9 Å². The number of aromatic nitrogens is 3. The number of nitriles is 1. The van der Waals surface area contributed by atoms with Gasteiger partial charge >= 0.3 is 0 Å². The molecule has 1 amide bonds. The monoisotopic (exact) mass is 403 g/mol. The number of benzene rings is 2. The molecule has 0 radical (unpaired) electrons. The molecule has 152 valence electrons. The minimum absolute atomic E-state index is 0.00809. The van der Waals surface area contributed by atoms with Crippen LogP contribution in [0.25, 0.3) is 22.4 Å². The zero-order valence-corrected chi connectivity index (χ0v) is 16.7. The number of nitrogens with one attached hydrogen (secondary N) is 1. The largest absolute Gasteiger partial charge is 0.356 e. The molecule has 0 saturated heterocycles. The standard InChI is InChI=1S/C23H22FN5O/c1-2-26-23(30)18-8-9-19(12-18)29-22(14-27-28-29)17-6-4-16(5-7-17)20-10-3-15(13-25)11-21(20)24/h3-7,10-11,14,18-19H,2,8-9,12H2,1H3,(H,26,30). The molecule has 1 fully saturated rings. The quantitative estimate of drug-likeness (QED) is 0.695. The van der Waals surface area contributed by atoms with Crippen LogP contribution in [0.5, 0.6) is 0 Å². The highest BCUT2D eigenvalue weighted by Crippen LogP contribution is 2.37. The van der Waals surface area contributed by atoms with E-state index in [-0.39, 0.29) is 17.9 Å². The average molecular weight is 403 g/mol. The third-order valence-electron chi connectivity index (χ3n) is 5.64. The van der Waals surface area contributed by atoms with Gasteiger partial charge in [0.1, 0.15) is 5.82 Å². The Balaban J connectivity index is 1.55. The number of nitrogens with zero attached hydrogens (tertiary/aromatic N) is 4. The Hall–Kier alpha value is -3.53. The van der Waals surface area contributed by atoms with E-state index < -0.39 is 5.82 Å². The van der Waals surface area contributed by atoms with Crippen LogP contribution in [0.4, 0.5) is 4.39 Å². The maximum Gasteiger partial charge on any atom is 0.223 e. The van der Waals surface area contributed by atoms with E-state index in [9.17, 15) is 9.18 Å². The summed E-state index contributed by atoms with van der Waals surface area (Å²) in [5.74, 6) is -0.306. The lowest BCUT2D eigenvalue weighted by molar-refractivity contribution is -0.124. The van der Waals surface area contributed by atoms with Crippen molar-refractivity contribution >= 4 is 5.91 Å². The first-order valence-electron chi connectivity index (χ1n) is 10.1. The summed E-state index contributed by atoms with van der Waals surface area (Å²) in [5, 5.41) is 20.2. The van der Waals surface area contributed by atoms with Gasteiger partial charge in [0.05, 0.1) is 29.6 Å². The van der Waals surface area contributed by atoms with Crippen molar-refractivity contribution < 1.29 is 9.18 Å². The molecule has 1 aliphatic rings. The van der Waals surface area contributed by atoms with Gasteiger partial charge in [-0.3, -0.25) is 4.79 Å². The molecule has 2 atom stereocenters. The number of hydrogen-bond acceptors (Lipinski definition) is 4. The zero-order valence-electron chi connectivity index (χ0n) is 16.7. The first kappa shape index (κ1) is 19.8. The molecule has 2 unspecified atom stereocenters. The number of carbonyl (C=O) groups excluding carboxylic acids is 1. The van der Waals surface area contributed by atoms with Crippen LogP contribution in [0.1, 0.15) is 37.8 Å². The summed E-state index contributed by atoms with van der Waals surface area (Å²) in [5.41, 5.74) is 3.29. The van der Waals surface area contributed by atoms with Gasteiger partial charge in [-0.25, -0.2) is 9.07 Å². The van der Waals surface area contributed by atoms with Crippen LogP contribution in [-0.4, -0.2) is 27.4 Å². The lowest BCUT2D eigenvalue weighted by Crippen LogP contribution is -2.29. The van der Waals surface area contributed by atoms with E-state index in [4.69, 9.17) is 5.26 Å². The molecule has 3 aromatic rings. The van der Waals surface area contributed by atoms with Crippen LogP contribution >= 0.6 is 0 Å². The molecule has 0 spiro atoms. The number of rotatable bonds is 5. The van der Waals surface area contributed by atoms with Gasteiger partial charge in [0.15, 0.2) is 0 Å². The van der Waals surface area contributed by atoms with Crippen molar-refractivity contribution in [1.29, 1.82) is 5.26 Å². The molecule has 1 aliphatic carbocycles. The molecule has 4 rings (SSSR count). The van der Waals surface area contributed by atoms with Crippen molar-refractivity contribution in [3.05, 3.63) is 60.0 Å². The fourth-order valence-electron chi connectivity index (χ4n) is 4.10. The first-order chi connectivity index (χ1) is 14.6. The predicted octanol–water partition coefficient (Wildman–Crippen LogP) is 4.10. The highest BCUT2D eigenvalue weighted by molar-refractivity contribution is 5.79. The summed E-state index contributed by atoms with van der Waals surface area (Å²) in [6.45, 7) is 2.56. The van der Waals surface area contributed by atoms with Crippen molar-refractivity contribution in [2.45, 2.75) is 32.2 Å². The van der Waals surface area contributed by atoms with E-state index in [0.29, 0.717) is 17.7 Å². The second-order valence-corrected chi connectivity index (χ2v) is 7.51. The van der Waals surface area contributed by atoms with Crippen molar-refractivity contribution in [3.8, 4) is 28.5 Å². The third kappa shape index (κ3) is 3.81. The molecule has 0 aliphatic heterocycles. The van der Waals surface area contributed by atoms with Crippen LogP contribution in [0, 0.1) is 23.1 Å². The van der Waals surface area contributed by atoms with Crippen molar-refractivity contribution in [2.75, 3.05) is 6.54 Å². The van der Waals surface area contributed by atoms with Crippen molar-refractivity contribution in [3.63, 3.8) is 0 Å². The van der Waals surface area contributed by atoms with Crippen LogP contribution in [0.3, 0.4) is 0 Å². The van der Waals surface area contributed by atoms with Gasteiger partial charge in [-0.2, -0.15) is 5.26 Å². The Morgan fingerprint density at radius 3 is 2.70 bits per heavy atom. The van der Waals surface area contributed by atoms with Gasteiger partial charge in [0, 0.05) is 23.6 Å². The molecule has 2 aromatic carbocycles. The third-order valence-corrected chi connectivity index (χ3v) is 5.64. The second-order valence-electron chi connectivity index (χ2n) is 7.51. The molecular weight excluding hydrogens is 381 g/mol. The topological polar surface area (TPSA) is 83.6 Å². The number of amides is 1. The Labute approximate surface area is 174 Å². The van der Waals surface area contributed by atoms with E-state index in [1.54, 1.807) is 18.3 Å². The average Bonchev–Trinajstić information content (AvgIpc) is 3.43. The molecular formula is C23H22FN5O. The van der Waals surface area contributed by atoms with Crippen LogP contribution in [0.15, 0.2) is 48.7 Å². The smallest absolute Gasteiger partial charge is 0.223 e. The maximum absolute atomic E-state index is 14.3. The number of hydrogen-bond donors (Lipinski definition) is 1. The molecule has 0 bridgehead atoms. The second kappa shape index (κ2) is 8.46. The Morgan fingerprint density at radius 1 is 1.23 bits per heavy atom. The summed E-state index contributed by atoms with van der Waals surface area (Å²) in [6.07, 6.45) is 4.19. The van der Waals surface area contributed by atoms with Crippen LogP contribution < -0.4 is 5.32 Å². The van der Waals surface area contributed by atoms with Gasteiger partial charge in [0.25, 0.3) is 0 Å².